The summed E-state index contributed by atoms with van der Waals surface area (Å²) in [5.41, 5.74) is 2.49. The van der Waals surface area contributed by atoms with E-state index >= 15 is 0 Å². The Morgan fingerprint density at radius 3 is 2.71 bits per heavy atom. The average molecular weight is 377 g/mol. The van der Waals surface area contributed by atoms with Gasteiger partial charge in [0.25, 0.3) is 0 Å². The molecule has 3 nitrogen and oxygen atoms in total. The lowest BCUT2D eigenvalue weighted by atomic mass is 9.57. The summed E-state index contributed by atoms with van der Waals surface area (Å²) >= 11 is 0. The van der Waals surface area contributed by atoms with Gasteiger partial charge in [-0.3, -0.25) is 4.99 Å². The van der Waals surface area contributed by atoms with Crippen molar-refractivity contribution >= 4 is 18.8 Å². The van der Waals surface area contributed by atoms with E-state index in [1.807, 2.05) is 25.1 Å². The molecule has 1 unspecified atom stereocenters. The molecule has 4 aliphatic rings. The van der Waals surface area contributed by atoms with E-state index in [0.717, 1.165) is 28.9 Å². The van der Waals surface area contributed by atoms with Gasteiger partial charge in [-0.05, 0) is 73.7 Å². The van der Waals surface area contributed by atoms with E-state index in [9.17, 15) is 4.39 Å². The number of halogens is 1. The van der Waals surface area contributed by atoms with Crippen LogP contribution in [0.3, 0.4) is 0 Å². The molecule has 6 rings (SSSR count). The fourth-order valence-corrected chi connectivity index (χ4v) is 4.98. The van der Waals surface area contributed by atoms with Crippen molar-refractivity contribution in [2.24, 2.45) is 16.8 Å². The van der Waals surface area contributed by atoms with Crippen molar-refractivity contribution in [3.63, 3.8) is 0 Å². The van der Waals surface area contributed by atoms with Crippen molar-refractivity contribution in [3.05, 3.63) is 65.5 Å². The largest absolute Gasteiger partial charge is 0.495 e. The molecule has 0 aromatic heterocycles. The van der Waals surface area contributed by atoms with E-state index in [1.165, 1.54) is 25.0 Å². The molecular weight excluding hydrogens is 352 g/mol. The molecule has 1 saturated heterocycles. The van der Waals surface area contributed by atoms with Gasteiger partial charge in [-0.1, -0.05) is 36.4 Å². The Labute approximate surface area is 166 Å². The van der Waals surface area contributed by atoms with Gasteiger partial charge in [-0.15, -0.1) is 0 Å². The molecule has 3 atom stereocenters. The predicted octanol–water partition coefficient (Wildman–Crippen LogP) is 4.31. The second-order valence-corrected chi connectivity index (χ2v) is 8.67. The number of hydrogen-bond donors (Lipinski definition) is 0. The Hall–Kier alpha value is -1.98. The number of nitrogens with zero attached hydrogens (tertiary/aromatic N) is 1. The van der Waals surface area contributed by atoms with Crippen molar-refractivity contribution in [3.8, 4) is 0 Å². The minimum atomic E-state index is -0.455. The highest BCUT2D eigenvalue weighted by molar-refractivity contribution is 6.63. The van der Waals surface area contributed by atoms with E-state index in [-0.39, 0.29) is 23.6 Å². The SMILES string of the molecule is CC(N=Cc1cc(F)ccc1B1O[C@H]2CC3CC(C3)[C@@]2(C)O1)c1ccccc1. The number of hydrogen-bond acceptors (Lipinski definition) is 3. The second kappa shape index (κ2) is 6.82. The first-order chi connectivity index (χ1) is 13.5. The third-order valence-corrected chi connectivity index (χ3v) is 6.90. The van der Waals surface area contributed by atoms with E-state index in [4.69, 9.17) is 9.31 Å². The predicted molar refractivity (Wildman–Crippen MR) is 109 cm³/mol. The molecule has 0 amide bonds. The average Bonchev–Trinajstić information content (AvgIpc) is 3.03. The van der Waals surface area contributed by atoms with Crippen LogP contribution in [-0.2, 0) is 9.31 Å². The molecular formula is C23H25BFNO2. The van der Waals surface area contributed by atoms with E-state index in [1.54, 1.807) is 12.3 Å². The van der Waals surface area contributed by atoms with Gasteiger partial charge in [-0.25, -0.2) is 4.39 Å². The lowest BCUT2D eigenvalue weighted by molar-refractivity contribution is -0.113. The molecule has 0 N–H and O–H groups in total. The molecule has 28 heavy (non-hydrogen) atoms. The van der Waals surface area contributed by atoms with E-state index in [2.05, 4.69) is 24.0 Å². The molecule has 4 fully saturated rings. The number of aliphatic imine (C=N–C) groups is 1. The van der Waals surface area contributed by atoms with Crippen LogP contribution in [0, 0.1) is 17.7 Å². The summed E-state index contributed by atoms with van der Waals surface area (Å²) in [6, 6.07) is 14.9. The van der Waals surface area contributed by atoms with Crippen molar-refractivity contribution in [1.29, 1.82) is 0 Å². The minimum absolute atomic E-state index is 0.00458. The van der Waals surface area contributed by atoms with Crippen LogP contribution in [0.2, 0.25) is 0 Å². The molecule has 0 spiro atoms. The summed E-state index contributed by atoms with van der Waals surface area (Å²) in [5, 5.41) is 0. The Bertz CT molecular complexity index is 899. The first-order valence-electron chi connectivity index (χ1n) is 10.2. The summed E-state index contributed by atoms with van der Waals surface area (Å²) in [6.45, 7) is 4.22. The van der Waals surface area contributed by atoms with Crippen LogP contribution in [0.25, 0.3) is 0 Å². The van der Waals surface area contributed by atoms with Gasteiger partial charge in [0.15, 0.2) is 0 Å². The monoisotopic (exact) mass is 377 g/mol. The fourth-order valence-electron chi connectivity index (χ4n) is 4.98. The molecule has 144 valence electrons. The van der Waals surface area contributed by atoms with Crippen molar-refractivity contribution in [2.45, 2.75) is 50.9 Å². The molecule has 2 aromatic carbocycles. The first kappa shape index (κ1) is 18.1. The molecule has 1 heterocycles. The molecule has 3 aliphatic carbocycles. The maximum absolute atomic E-state index is 14.0. The highest BCUT2D eigenvalue weighted by Gasteiger charge is 2.61. The highest BCUT2D eigenvalue weighted by Crippen LogP contribution is 2.56. The summed E-state index contributed by atoms with van der Waals surface area (Å²) < 4.78 is 26.8. The molecule has 1 aliphatic heterocycles. The molecule has 2 bridgehead atoms. The topological polar surface area (TPSA) is 30.8 Å². The van der Waals surface area contributed by atoms with Gasteiger partial charge in [-0.2, -0.15) is 0 Å². The third kappa shape index (κ3) is 3.01. The standard InChI is InChI=1S/C23H25BFNO2/c1-15(17-6-4-3-5-7-17)26-14-18-13-20(25)8-9-21(18)24-27-22-12-16-10-19(11-16)23(22,2)28-24/h3-9,13-16,19,22H,10-12H2,1-2H3/t15?,16?,19?,22-,23+/m0/s1. The number of rotatable bonds is 4. The maximum Gasteiger partial charge on any atom is 0.495 e. The van der Waals surface area contributed by atoms with Gasteiger partial charge in [0.1, 0.15) is 5.82 Å². The Balaban J connectivity index is 1.41. The normalized spacial score (nSPS) is 32.2. The van der Waals surface area contributed by atoms with Gasteiger partial charge in [0, 0.05) is 6.21 Å². The molecule has 3 saturated carbocycles. The lowest BCUT2D eigenvalue weighted by Gasteiger charge is -2.53. The van der Waals surface area contributed by atoms with Crippen LogP contribution in [0.1, 0.15) is 50.3 Å². The summed E-state index contributed by atoms with van der Waals surface area (Å²) in [7, 11) is -0.455. The first-order valence-corrected chi connectivity index (χ1v) is 10.2. The van der Waals surface area contributed by atoms with Crippen LogP contribution in [0.5, 0.6) is 0 Å². The van der Waals surface area contributed by atoms with Gasteiger partial charge < -0.3 is 9.31 Å². The summed E-state index contributed by atoms with van der Waals surface area (Å²) in [6.07, 6.45) is 5.45. The zero-order chi connectivity index (χ0) is 19.3. The lowest BCUT2D eigenvalue weighted by Crippen LogP contribution is -2.56. The summed E-state index contributed by atoms with van der Waals surface area (Å²) in [5.74, 6) is 1.09. The van der Waals surface area contributed by atoms with Crippen LogP contribution in [0.4, 0.5) is 4.39 Å². The maximum atomic E-state index is 14.0. The van der Waals surface area contributed by atoms with Crippen LogP contribution in [0.15, 0.2) is 53.5 Å². The van der Waals surface area contributed by atoms with E-state index in [0.29, 0.717) is 5.92 Å². The minimum Gasteiger partial charge on any atom is -0.401 e. The van der Waals surface area contributed by atoms with Gasteiger partial charge >= 0.3 is 7.12 Å². The molecule has 5 heteroatoms. The molecule has 0 radical (unpaired) electrons. The van der Waals surface area contributed by atoms with Crippen LogP contribution in [-0.4, -0.2) is 25.0 Å². The third-order valence-electron chi connectivity index (χ3n) is 6.90. The Morgan fingerprint density at radius 1 is 1.18 bits per heavy atom. The summed E-state index contributed by atoms with van der Waals surface area (Å²) in [4.78, 5) is 4.67. The second-order valence-electron chi connectivity index (χ2n) is 8.67. The highest BCUT2D eigenvalue weighted by atomic mass is 19.1. The smallest absolute Gasteiger partial charge is 0.401 e. The van der Waals surface area contributed by atoms with Crippen molar-refractivity contribution in [2.75, 3.05) is 0 Å². The zero-order valence-electron chi connectivity index (χ0n) is 16.3. The van der Waals surface area contributed by atoms with Crippen molar-refractivity contribution < 1.29 is 13.7 Å². The number of benzene rings is 2. The Morgan fingerprint density at radius 2 is 1.96 bits per heavy atom. The van der Waals surface area contributed by atoms with Crippen LogP contribution >= 0.6 is 0 Å². The zero-order valence-corrected chi connectivity index (χ0v) is 16.3. The van der Waals surface area contributed by atoms with E-state index < -0.39 is 7.12 Å². The van der Waals surface area contributed by atoms with Crippen molar-refractivity contribution in [1.82, 2.24) is 0 Å². The van der Waals surface area contributed by atoms with Gasteiger partial charge in [0.2, 0.25) is 0 Å². The fraction of sp³-hybridized carbons (Fsp3) is 0.435. The molecule has 2 aromatic rings. The van der Waals surface area contributed by atoms with Crippen LogP contribution < -0.4 is 5.46 Å². The Kier molecular flexibility index (Phi) is 4.40. The quantitative estimate of drug-likeness (QED) is 0.588. The van der Waals surface area contributed by atoms with Gasteiger partial charge in [0.05, 0.1) is 17.7 Å².